The van der Waals surface area contributed by atoms with Crippen LogP contribution in [0, 0.1) is 0 Å². The number of ether oxygens (including phenoxy) is 2. The maximum atomic E-state index is 12.5. The Kier molecular flexibility index (Phi) is 8.43. The zero-order valence-corrected chi connectivity index (χ0v) is 19.1. The molecule has 0 bridgehead atoms. The summed E-state index contributed by atoms with van der Waals surface area (Å²) in [5.41, 5.74) is 2.82. The molecule has 0 atom stereocenters. The van der Waals surface area contributed by atoms with Crippen LogP contribution in [-0.2, 0) is 11.3 Å². The summed E-state index contributed by atoms with van der Waals surface area (Å²) < 4.78 is 10.8. The second-order valence-electron chi connectivity index (χ2n) is 7.52. The van der Waals surface area contributed by atoms with Crippen LogP contribution in [-0.4, -0.2) is 44.0 Å². The SMILES string of the molecule is CCOc1ccc(NC(=O)c2ccc(NC(=O)CN(C)Cc3ccccc3OC)cc2)cc1. The van der Waals surface area contributed by atoms with Gasteiger partial charge in [0, 0.05) is 29.0 Å². The molecule has 0 aliphatic heterocycles. The van der Waals surface area contributed by atoms with Crippen LogP contribution in [0.2, 0.25) is 0 Å². The van der Waals surface area contributed by atoms with Gasteiger partial charge < -0.3 is 20.1 Å². The first-order valence-electron chi connectivity index (χ1n) is 10.7. The Morgan fingerprint density at radius 3 is 2.18 bits per heavy atom. The third-order valence-corrected chi connectivity index (χ3v) is 4.90. The quantitative estimate of drug-likeness (QED) is 0.481. The first-order valence-corrected chi connectivity index (χ1v) is 10.7. The lowest BCUT2D eigenvalue weighted by molar-refractivity contribution is -0.117. The van der Waals surface area contributed by atoms with Gasteiger partial charge in [-0.25, -0.2) is 0 Å². The number of rotatable bonds is 10. The Morgan fingerprint density at radius 1 is 0.879 bits per heavy atom. The molecule has 0 radical (unpaired) electrons. The minimum atomic E-state index is -0.228. The average molecular weight is 448 g/mol. The van der Waals surface area contributed by atoms with Crippen molar-refractivity contribution >= 4 is 23.2 Å². The molecule has 0 aliphatic rings. The molecule has 33 heavy (non-hydrogen) atoms. The topological polar surface area (TPSA) is 79.9 Å². The number of nitrogens with zero attached hydrogens (tertiary/aromatic N) is 1. The van der Waals surface area contributed by atoms with Crippen molar-refractivity contribution in [2.75, 3.05) is 37.9 Å². The van der Waals surface area contributed by atoms with Gasteiger partial charge in [0.1, 0.15) is 11.5 Å². The van der Waals surface area contributed by atoms with E-state index in [1.165, 1.54) is 0 Å². The van der Waals surface area contributed by atoms with E-state index in [4.69, 9.17) is 9.47 Å². The molecule has 0 unspecified atom stereocenters. The van der Waals surface area contributed by atoms with Crippen molar-refractivity contribution in [1.29, 1.82) is 0 Å². The van der Waals surface area contributed by atoms with Crippen molar-refractivity contribution in [2.45, 2.75) is 13.5 Å². The van der Waals surface area contributed by atoms with Gasteiger partial charge in [-0.05, 0) is 68.6 Å². The smallest absolute Gasteiger partial charge is 0.255 e. The van der Waals surface area contributed by atoms with Crippen molar-refractivity contribution in [3.63, 3.8) is 0 Å². The number of carbonyl (C=O) groups is 2. The minimum absolute atomic E-state index is 0.140. The van der Waals surface area contributed by atoms with E-state index in [9.17, 15) is 9.59 Å². The number of carbonyl (C=O) groups excluding carboxylic acids is 2. The van der Waals surface area contributed by atoms with E-state index in [2.05, 4.69) is 10.6 Å². The number of para-hydroxylation sites is 1. The molecule has 2 amide bonds. The number of amides is 2. The zero-order valence-electron chi connectivity index (χ0n) is 19.1. The predicted octanol–water partition coefficient (Wildman–Crippen LogP) is 4.42. The van der Waals surface area contributed by atoms with Gasteiger partial charge in [0.25, 0.3) is 5.91 Å². The van der Waals surface area contributed by atoms with Crippen LogP contribution in [0.25, 0.3) is 0 Å². The van der Waals surface area contributed by atoms with Crippen LogP contribution in [0.5, 0.6) is 11.5 Å². The highest BCUT2D eigenvalue weighted by atomic mass is 16.5. The number of benzene rings is 3. The summed E-state index contributed by atoms with van der Waals surface area (Å²) in [5, 5.41) is 5.71. The number of hydrogen-bond acceptors (Lipinski definition) is 5. The maximum Gasteiger partial charge on any atom is 0.255 e. The standard InChI is InChI=1S/C26H29N3O4/c1-4-33-23-15-13-22(14-16-23)28-26(31)19-9-11-21(12-10-19)27-25(30)18-29(2)17-20-7-5-6-8-24(20)32-3/h5-16H,4,17-18H2,1-3H3,(H,27,30)(H,28,31). The van der Waals surface area contributed by atoms with Crippen molar-refractivity contribution in [1.82, 2.24) is 4.90 Å². The fourth-order valence-corrected chi connectivity index (χ4v) is 3.34. The van der Waals surface area contributed by atoms with Crippen LogP contribution < -0.4 is 20.1 Å². The number of nitrogens with one attached hydrogen (secondary N) is 2. The molecular weight excluding hydrogens is 418 g/mol. The molecule has 0 aliphatic carbocycles. The maximum absolute atomic E-state index is 12.5. The van der Waals surface area contributed by atoms with E-state index in [1.54, 1.807) is 43.5 Å². The number of anilines is 2. The van der Waals surface area contributed by atoms with Crippen molar-refractivity contribution in [2.24, 2.45) is 0 Å². The molecule has 7 heteroatoms. The molecule has 3 aromatic rings. The second-order valence-corrected chi connectivity index (χ2v) is 7.52. The van der Waals surface area contributed by atoms with Gasteiger partial charge in [0.05, 0.1) is 20.3 Å². The van der Waals surface area contributed by atoms with E-state index in [-0.39, 0.29) is 18.4 Å². The van der Waals surface area contributed by atoms with E-state index in [0.717, 1.165) is 17.1 Å². The van der Waals surface area contributed by atoms with Gasteiger partial charge >= 0.3 is 0 Å². The lowest BCUT2D eigenvalue weighted by Crippen LogP contribution is -2.30. The molecule has 172 valence electrons. The highest BCUT2D eigenvalue weighted by molar-refractivity contribution is 6.04. The Hall–Kier alpha value is -3.84. The molecule has 0 spiro atoms. The number of likely N-dealkylation sites (N-methyl/N-ethyl adjacent to an activating group) is 1. The Morgan fingerprint density at radius 2 is 1.52 bits per heavy atom. The number of hydrogen-bond donors (Lipinski definition) is 2. The first kappa shape index (κ1) is 23.8. The molecule has 0 saturated heterocycles. The Bertz CT molecular complexity index is 1070. The molecule has 2 N–H and O–H groups in total. The van der Waals surface area contributed by atoms with Crippen LogP contribution in [0.3, 0.4) is 0 Å². The molecule has 0 saturated carbocycles. The monoisotopic (exact) mass is 447 g/mol. The summed E-state index contributed by atoms with van der Waals surface area (Å²) in [6.07, 6.45) is 0. The fraction of sp³-hybridized carbons (Fsp3) is 0.231. The number of methoxy groups -OCH3 is 1. The summed E-state index contributed by atoms with van der Waals surface area (Å²) in [5.74, 6) is 1.18. The van der Waals surface area contributed by atoms with Gasteiger partial charge in [0.15, 0.2) is 0 Å². The van der Waals surface area contributed by atoms with Gasteiger partial charge in [-0.1, -0.05) is 18.2 Å². The molecule has 0 fully saturated rings. The minimum Gasteiger partial charge on any atom is -0.496 e. The van der Waals surface area contributed by atoms with E-state index in [1.807, 2.05) is 55.3 Å². The van der Waals surface area contributed by atoms with Crippen LogP contribution in [0.4, 0.5) is 11.4 Å². The fourth-order valence-electron chi connectivity index (χ4n) is 3.34. The molecule has 0 aromatic heterocycles. The third-order valence-electron chi connectivity index (χ3n) is 4.90. The second kappa shape index (κ2) is 11.7. The molecule has 7 nitrogen and oxygen atoms in total. The normalized spacial score (nSPS) is 10.5. The molecule has 0 heterocycles. The van der Waals surface area contributed by atoms with Gasteiger partial charge in [-0.15, -0.1) is 0 Å². The van der Waals surface area contributed by atoms with Crippen LogP contribution in [0.1, 0.15) is 22.8 Å². The molecular formula is C26H29N3O4. The Balaban J connectivity index is 1.50. The van der Waals surface area contributed by atoms with Gasteiger partial charge in [-0.2, -0.15) is 0 Å². The highest BCUT2D eigenvalue weighted by Gasteiger charge is 2.11. The average Bonchev–Trinajstić information content (AvgIpc) is 2.81. The summed E-state index contributed by atoms with van der Waals surface area (Å²) in [6, 6.07) is 21.7. The third kappa shape index (κ3) is 7.08. The molecule has 3 rings (SSSR count). The van der Waals surface area contributed by atoms with Crippen molar-refractivity contribution in [3.05, 3.63) is 83.9 Å². The largest absolute Gasteiger partial charge is 0.496 e. The van der Waals surface area contributed by atoms with Gasteiger partial charge in [0.2, 0.25) is 5.91 Å². The lowest BCUT2D eigenvalue weighted by Gasteiger charge is -2.18. The van der Waals surface area contributed by atoms with E-state index >= 15 is 0 Å². The van der Waals surface area contributed by atoms with Crippen molar-refractivity contribution < 1.29 is 19.1 Å². The van der Waals surface area contributed by atoms with Crippen LogP contribution >= 0.6 is 0 Å². The Labute approximate surface area is 194 Å². The zero-order chi connectivity index (χ0) is 23.6. The summed E-state index contributed by atoms with van der Waals surface area (Å²) in [4.78, 5) is 26.8. The van der Waals surface area contributed by atoms with Crippen molar-refractivity contribution in [3.8, 4) is 11.5 Å². The van der Waals surface area contributed by atoms with E-state index < -0.39 is 0 Å². The van der Waals surface area contributed by atoms with Gasteiger partial charge in [-0.3, -0.25) is 14.5 Å². The highest BCUT2D eigenvalue weighted by Crippen LogP contribution is 2.19. The predicted molar refractivity (Wildman–Crippen MR) is 130 cm³/mol. The molecule has 3 aromatic carbocycles. The lowest BCUT2D eigenvalue weighted by atomic mass is 10.2. The summed E-state index contributed by atoms with van der Waals surface area (Å²) in [7, 11) is 3.51. The van der Waals surface area contributed by atoms with E-state index in [0.29, 0.717) is 30.1 Å². The van der Waals surface area contributed by atoms with Crippen LogP contribution in [0.15, 0.2) is 72.8 Å². The summed E-state index contributed by atoms with van der Waals surface area (Å²) >= 11 is 0. The first-order chi connectivity index (χ1) is 16.0. The summed E-state index contributed by atoms with van der Waals surface area (Å²) in [6.45, 7) is 3.31.